The number of hydrogen-bond acceptors (Lipinski definition) is 5. The molecule has 1 fully saturated rings. The third-order valence-corrected chi connectivity index (χ3v) is 7.99. The fourth-order valence-electron chi connectivity index (χ4n) is 5.52. The number of aryl methyl sites for hydroxylation is 1. The van der Waals surface area contributed by atoms with Crippen molar-refractivity contribution in [1.29, 1.82) is 0 Å². The van der Waals surface area contributed by atoms with Crippen LogP contribution >= 0.6 is 0 Å². The first-order chi connectivity index (χ1) is 20.7. The van der Waals surface area contributed by atoms with Gasteiger partial charge in [-0.3, -0.25) is 4.79 Å². The maximum Gasteiger partial charge on any atom is 0.309 e. The highest BCUT2D eigenvalue weighted by Crippen LogP contribution is 2.49. The van der Waals surface area contributed by atoms with Crippen LogP contribution in [0.5, 0.6) is 11.5 Å². The lowest BCUT2D eigenvalue weighted by atomic mass is 9.68. The van der Waals surface area contributed by atoms with Gasteiger partial charge in [0.25, 0.3) is 0 Å². The van der Waals surface area contributed by atoms with Crippen molar-refractivity contribution >= 4 is 16.9 Å². The highest BCUT2D eigenvalue weighted by Gasteiger charge is 2.50. The SMILES string of the molecule is CCCCOC(=O)C1CC(F)(c2cccc(Cc3nnc(-c4cc(Oc5c(F)cc6[nH]ccc6c5C)ccc4F)[nH]3)c2)C1. The van der Waals surface area contributed by atoms with E-state index in [0.717, 1.165) is 23.8 Å². The number of hydrogen-bond donors (Lipinski definition) is 2. The predicted molar refractivity (Wildman–Crippen MR) is 155 cm³/mol. The second kappa shape index (κ2) is 11.6. The van der Waals surface area contributed by atoms with Crippen molar-refractivity contribution in [3.05, 3.63) is 94.9 Å². The van der Waals surface area contributed by atoms with E-state index >= 15 is 4.39 Å². The number of rotatable bonds is 10. The van der Waals surface area contributed by atoms with Crippen molar-refractivity contribution in [2.75, 3.05) is 6.61 Å². The summed E-state index contributed by atoms with van der Waals surface area (Å²) in [7, 11) is 0. The summed E-state index contributed by atoms with van der Waals surface area (Å²) in [5.74, 6) is -0.941. The highest BCUT2D eigenvalue weighted by molar-refractivity contribution is 5.85. The molecule has 0 amide bonds. The zero-order valence-electron chi connectivity index (χ0n) is 23.8. The Labute approximate surface area is 246 Å². The van der Waals surface area contributed by atoms with Crippen LogP contribution in [0.2, 0.25) is 0 Å². The van der Waals surface area contributed by atoms with E-state index < -0.39 is 23.2 Å². The lowest BCUT2D eigenvalue weighted by molar-refractivity contribution is -0.159. The topological polar surface area (TPSA) is 92.9 Å². The number of nitrogens with one attached hydrogen (secondary N) is 2. The zero-order valence-corrected chi connectivity index (χ0v) is 23.8. The quantitative estimate of drug-likeness (QED) is 0.128. The number of unbranched alkanes of at least 4 members (excludes halogenated alkanes) is 1. The third kappa shape index (κ3) is 5.74. The molecular weight excluding hydrogens is 557 g/mol. The summed E-state index contributed by atoms with van der Waals surface area (Å²) >= 11 is 0. The molecule has 0 atom stereocenters. The molecule has 0 radical (unpaired) electrons. The average Bonchev–Trinajstić information content (AvgIpc) is 3.64. The fraction of sp³-hybridized carbons (Fsp3) is 0.303. The first-order valence-corrected chi connectivity index (χ1v) is 14.3. The van der Waals surface area contributed by atoms with E-state index in [1.807, 2.05) is 19.1 Å². The van der Waals surface area contributed by atoms with Crippen molar-refractivity contribution < 1.29 is 27.4 Å². The number of nitrogens with zero attached hydrogens (tertiary/aromatic N) is 2. The van der Waals surface area contributed by atoms with Gasteiger partial charge in [0.05, 0.1) is 18.1 Å². The molecule has 2 N–H and O–H groups in total. The maximum atomic E-state index is 15.6. The Morgan fingerprint density at radius 1 is 1.07 bits per heavy atom. The van der Waals surface area contributed by atoms with Crippen molar-refractivity contribution in [1.82, 2.24) is 20.2 Å². The number of fused-ring (bicyclic) bond motifs is 1. The molecule has 5 aromatic rings. The first kappa shape index (κ1) is 28.5. The number of esters is 1. The second-order valence-electron chi connectivity index (χ2n) is 11.1. The second-order valence-corrected chi connectivity index (χ2v) is 11.1. The van der Waals surface area contributed by atoms with Crippen molar-refractivity contribution in [2.24, 2.45) is 5.92 Å². The molecule has 10 heteroatoms. The van der Waals surface area contributed by atoms with E-state index in [1.165, 1.54) is 24.3 Å². The van der Waals surface area contributed by atoms with Crippen LogP contribution in [-0.4, -0.2) is 32.7 Å². The molecule has 7 nitrogen and oxygen atoms in total. The van der Waals surface area contributed by atoms with Gasteiger partial charge in [0.2, 0.25) is 0 Å². The monoisotopic (exact) mass is 588 g/mol. The summed E-state index contributed by atoms with van der Waals surface area (Å²) in [5.41, 5.74) is 1.08. The molecule has 0 bridgehead atoms. The van der Waals surface area contributed by atoms with Gasteiger partial charge in [-0.05, 0) is 61.6 Å². The number of aromatic nitrogens is 4. The molecule has 2 aromatic heterocycles. The number of H-pyrrole nitrogens is 2. The standard InChI is InChI=1S/C33H31F3N4O3/c1-3-4-12-42-32(41)21-17-33(36,18-21)22-7-5-6-20(13-22)14-29-38-31(40-39-29)25-15-23(8-9-26(25)34)43-30-19(2)24-10-11-37-28(24)16-27(30)35/h5-11,13,15-16,21,37H,3-4,12,14,17-18H2,1-2H3,(H,38,39,40). The Kier molecular flexibility index (Phi) is 7.68. The molecule has 0 saturated heterocycles. The van der Waals surface area contributed by atoms with E-state index in [2.05, 4.69) is 20.2 Å². The van der Waals surface area contributed by atoms with Gasteiger partial charge in [0.1, 0.15) is 23.1 Å². The predicted octanol–water partition coefficient (Wildman–Crippen LogP) is 7.84. The summed E-state index contributed by atoms with van der Waals surface area (Å²) in [6, 6.07) is 14.4. The van der Waals surface area contributed by atoms with E-state index in [-0.39, 0.29) is 41.7 Å². The van der Waals surface area contributed by atoms with E-state index in [4.69, 9.17) is 9.47 Å². The van der Waals surface area contributed by atoms with Crippen molar-refractivity contribution in [2.45, 2.75) is 51.6 Å². The number of benzene rings is 3. The van der Waals surface area contributed by atoms with Crippen molar-refractivity contribution in [3.8, 4) is 22.9 Å². The minimum atomic E-state index is -1.59. The van der Waals surface area contributed by atoms with Crippen LogP contribution in [0.15, 0.2) is 60.8 Å². The molecule has 6 rings (SSSR count). The average molecular weight is 589 g/mol. The van der Waals surface area contributed by atoms with Crippen LogP contribution in [0.1, 0.15) is 55.1 Å². The van der Waals surface area contributed by atoms with Crippen molar-refractivity contribution in [3.63, 3.8) is 0 Å². The molecule has 222 valence electrons. The Bertz CT molecular complexity index is 1790. The molecule has 43 heavy (non-hydrogen) atoms. The van der Waals surface area contributed by atoms with Crippen LogP contribution in [0.25, 0.3) is 22.3 Å². The molecule has 1 aliphatic rings. The Morgan fingerprint density at radius 2 is 1.91 bits per heavy atom. The molecule has 3 aromatic carbocycles. The normalized spacial score (nSPS) is 18.0. The molecule has 1 saturated carbocycles. The molecule has 1 aliphatic carbocycles. The lowest BCUT2D eigenvalue weighted by Gasteiger charge is -2.40. The van der Waals surface area contributed by atoms with E-state index in [0.29, 0.717) is 35.5 Å². The minimum absolute atomic E-state index is 0.0552. The minimum Gasteiger partial charge on any atom is -0.465 e. The third-order valence-electron chi connectivity index (χ3n) is 7.99. The summed E-state index contributed by atoms with van der Waals surface area (Å²) in [6.45, 7) is 4.13. The smallest absolute Gasteiger partial charge is 0.309 e. The van der Waals surface area contributed by atoms with Gasteiger partial charge >= 0.3 is 5.97 Å². The molecular formula is C33H31F3N4O3. The molecule has 0 aliphatic heterocycles. The van der Waals surface area contributed by atoms with Crippen LogP contribution in [-0.2, 0) is 21.6 Å². The van der Waals surface area contributed by atoms with Gasteiger partial charge in [-0.15, -0.1) is 10.2 Å². The van der Waals surface area contributed by atoms with Crippen LogP contribution in [0.4, 0.5) is 13.2 Å². The number of ether oxygens (including phenoxy) is 2. The number of carbonyl (C=O) groups excluding carboxylic acids is 1. The Balaban J connectivity index is 1.15. The number of alkyl halides is 1. The van der Waals surface area contributed by atoms with Crippen LogP contribution < -0.4 is 4.74 Å². The lowest BCUT2D eigenvalue weighted by Crippen LogP contribution is -2.42. The summed E-state index contributed by atoms with van der Waals surface area (Å²) in [6.07, 6.45) is 3.93. The summed E-state index contributed by atoms with van der Waals surface area (Å²) < 4.78 is 56.4. The Morgan fingerprint density at radius 3 is 2.72 bits per heavy atom. The van der Waals surface area contributed by atoms with E-state index in [1.54, 1.807) is 31.3 Å². The van der Waals surface area contributed by atoms with Gasteiger partial charge in [0, 0.05) is 35.2 Å². The molecule has 2 heterocycles. The first-order valence-electron chi connectivity index (χ1n) is 14.3. The number of halogens is 3. The molecule has 0 unspecified atom stereocenters. The summed E-state index contributed by atoms with van der Waals surface area (Å²) in [5, 5.41) is 9.10. The summed E-state index contributed by atoms with van der Waals surface area (Å²) in [4.78, 5) is 18.2. The van der Waals surface area contributed by atoms with Gasteiger partial charge in [0.15, 0.2) is 17.4 Å². The van der Waals surface area contributed by atoms with Crippen LogP contribution in [0.3, 0.4) is 0 Å². The number of aromatic amines is 2. The van der Waals surface area contributed by atoms with Gasteiger partial charge in [-0.25, -0.2) is 13.2 Å². The maximum absolute atomic E-state index is 15.6. The molecule has 0 spiro atoms. The van der Waals surface area contributed by atoms with Crippen LogP contribution in [0, 0.1) is 24.5 Å². The largest absolute Gasteiger partial charge is 0.465 e. The van der Waals surface area contributed by atoms with E-state index in [9.17, 15) is 13.6 Å². The zero-order chi connectivity index (χ0) is 30.1. The number of carbonyl (C=O) groups is 1. The Hall–Kier alpha value is -4.60. The highest BCUT2D eigenvalue weighted by atomic mass is 19.1. The van der Waals surface area contributed by atoms with Gasteiger partial charge < -0.3 is 19.4 Å². The van der Waals surface area contributed by atoms with Gasteiger partial charge in [-0.1, -0.05) is 37.6 Å². The fourth-order valence-corrected chi connectivity index (χ4v) is 5.52. The van der Waals surface area contributed by atoms with Gasteiger partial charge in [-0.2, -0.15) is 0 Å².